The lowest BCUT2D eigenvalue weighted by Crippen LogP contribution is -2.35. The molecule has 0 heterocycles. The predicted octanol–water partition coefficient (Wildman–Crippen LogP) is 1.07. The third-order valence-electron chi connectivity index (χ3n) is 3.98. The van der Waals surface area contributed by atoms with Gasteiger partial charge in [0.1, 0.15) is 4.90 Å². The van der Waals surface area contributed by atoms with Crippen LogP contribution in [-0.2, 0) is 24.8 Å². The fourth-order valence-corrected chi connectivity index (χ4v) is 4.52. The summed E-state index contributed by atoms with van der Waals surface area (Å²) >= 11 is 0. The van der Waals surface area contributed by atoms with Crippen LogP contribution in [0.1, 0.15) is 5.56 Å². The number of nitrogens with zero attached hydrogens (tertiary/aromatic N) is 3. The van der Waals surface area contributed by atoms with Gasteiger partial charge in [-0.1, -0.05) is 12.1 Å². The van der Waals surface area contributed by atoms with Gasteiger partial charge in [0.05, 0.1) is 28.8 Å². The number of rotatable bonds is 7. The number of carbonyl (C=O) groups is 1. The van der Waals surface area contributed by atoms with E-state index in [1.807, 2.05) is 6.07 Å². The van der Waals surface area contributed by atoms with Gasteiger partial charge in [0.2, 0.25) is 26.0 Å². The number of carbonyl (C=O) groups excluding carboxylic acids is 1. The van der Waals surface area contributed by atoms with Crippen LogP contribution in [0.5, 0.6) is 0 Å². The Kier molecular flexibility index (Phi) is 6.76. The Labute approximate surface area is 170 Å². The first kappa shape index (κ1) is 22.5. The summed E-state index contributed by atoms with van der Waals surface area (Å²) in [6.07, 6.45) is 0. The van der Waals surface area contributed by atoms with Gasteiger partial charge < -0.3 is 5.32 Å². The second kappa shape index (κ2) is 8.71. The van der Waals surface area contributed by atoms with E-state index in [-0.39, 0.29) is 15.5 Å². The molecule has 29 heavy (non-hydrogen) atoms. The summed E-state index contributed by atoms with van der Waals surface area (Å²) in [4.78, 5) is 12.2. The topological polar surface area (TPSA) is 128 Å². The molecular formula is C18H20N4O5S2. The van der Waals surface area contributed by atoms with Crippen LogP contribution in [0, 0.1) is 11.3 Å². The van der Waals surface area contributed by atoms with E-state index in [9.17, 15) is 21.6 Å². The number of hydrogen-bond acceptors (Lipinski definition) is 6. The maximum absolute atomic E-state index is 12.6. The minimum Gasteiger partial charge on any atom is -0.324 e. The first-order valence-corrected chi connectivity index (χ1v) is 11.2. The summed E-state index contributed by atoms with van der Waals surface area (Å²) in [5.41, 5.74) is 0.360. The fourth-order valence-electron chi connectivity index (χ4n) is 2.35. The van der Waals surface area contributed by atoms with Gasteiger partial charge in [-0.25, -0.2) is 21.1 Å². The molecule has 2 aromatic carbocycles. The molecule has 154 valence electrons. The molecule has 9 nitrogen and oxygen atoms in total. The van der Waals surface area contributed by atoms with Crippen molar-refractivity contribution < 1.29 is 21.6 Å². The van der Waals surface area contributed by atoms with Crippen LogP contribution in [-0.4, -0.2) is 59.0 Å². The van der Waals surface area contributed by atoms with Gasteiger partial charge >= 0.3 is 0 Å². The van der Waals surface area contributed by atoms with Gasteiger partial charge in [-0.05, 0) is 36.4 Å². The van der Waals surface area contributed by atoms with E-state index in [2.05, 4.69) is 5.32 Å². The highest BCUT2D eigenvalue weighted by molar-refractivity contribution is 7.89. The van der Waals surface area contributed by atoms with E-state index in [0.29, 0.717) is 5.56 Å². The molecule has 0 unspecified atom stereocenters. The summed E-state index contributed by atoms with van der Waals surface area (Å²) in [7, 11) is -3.80. The first-order chi connectivity index (χ1) is 13.5. The zero-order chi connectivity index (χ0) is 21.8. The third kappa shape index (κ3) is 4.99. The second-order valence-electron chi connectivity index (χ2n) is 6.23. The second-order valence-corrected chi connectivity index (χ2v) is 10.4. The Balaban J connectivity index is 2.20. The highest BCUT2D eigenvalue weighted by Gasteiger charge is 2.25. The molecule has 0 aliphatic rings. The molecule has 2 rings (SSSR count). The first-order valence-electron chi connectivity index (χ1n) is 8.28. The largest absolute Gasteiger partial charge is 0.324 e. The Morgan fingerprint density at radius 1 is 0.966 bits per heavy atom. The summed E-state index contributed by atoms with van der Waals surface area (Å²) in [5, 5.41) is 11.3. The summed E-state index contributed by atoms with van der Waals surface area (Å²) < 4.78 is 51.8. The molecule has 0 fully saturated rings. The number of anilines is 1. The van der Waals surface area contributed by atoms with E-state index >= 15 is 0 Å². The van der Waals surface area contributed by atoms with E-state index in [1.165, 1.54) is 63.6 Å². The van der Waals surface area contributed by atoms with E-state index in [4.69, 9.17) is 5.26 Å². The van der Waals surface area contributed by atoms with Crippen molar-refractivity contribution >= 4 is 31.6 Å². The molecule has 11 heteroatoms. The molecule has 2 aromatic rings. The average molecular weight is 437 g/mol. The van der Waals surface area contributed by atoms with E-state index in [1.54, 1.807) is 6.07 Å². The number of benzene rings is 2. The lowest BCUT2D eigenvalue weighted by atomic mass is 10.2. The van der Waals surface area contributed by atoms with Crippen molar-refractivity contribution in [2.24, 2.45) is 0 Å². The SMILES string of the molecule is CN(C)S(=O)(=O)c1ccccc1NC(=O)CN(C)S(=O)(=O)c1ccc(C#N)cc1. The molecule has 0 aliphatic heterocycles. The molecular weight excluding hydrogens is 416 g/mol. The highest BCUT2D eigenvalue weighted by Crippen LogP contribution is 2.23. The maximum atomic E-state index is 12.6. The van der Waals surface area contributed by atoms with Gasteiger partial charge in [0.25, 0.3) is 0 Å². The van der Waals surface area contributed by atoms with Crippen LogP contribution < -0.4 is 5.32 Å². The molecule has 0 atom stereocenters. The number of amides is 1. The van der Waals surface area contributed by atoms with Crippen molar-refractivity contribution in [3.8, 4) is 6.07 Å². The van der Waals surface area contributed by atoms with Gasteiger partial charge in [-0.15, -0.1) is 0 Å². The Morgan fingerprint density at radius 3 is 2.10 bits per heavy atom. The normalized spacial score (nSPS) is 12.0. The Bertz CT molecular complexity index is 1150. The smallest absolute Gasteiger partial charge is 0.244 e. The fraction of sp³-hybridized carbons (Fsp3) is 0.222. The molecule has 1 amide bonds. The minimum absolute atomic E-state index is 0.0513. The molecule has 0 saturated heterocycles. The van der Waals surface area contributed by atoms with Crippen LogP contribution in [0.4, 0.5) is 5.69 Å². The monoisotopic (exact) mass is 436 g/mol. The molecule has 0 aromatic heterocycles. The van der Waals surface area contributed by atoms with E-state index in [0.717, 1.165) is 8.61 Å². The van der Waals surface area contributed by atoms with Crippen molar-refractivity contribution in [2.45, 2.75) is 9.79 Å². The summed E-state index contributed by atoms with van der Waals surface area (Å²) in [5.74, 6) is -0.703. The number of nitriles is 1. The quantitative estimate of drug-likeness (QED) is 0.691. The summed E-state index contributed by atoms with van der Waals surface area (Å²) in [6.45, 7) is -0.529. The maximum Gasteiger partial charge on any atom is 0.244 e. The zero-order valence-corrected chi connectivity index (χ0v) is 17.7. The zero-order valence-electron chi connectivity index (χ0n) is 16.0. The highest BCUT2D eigenvalue weighted by atomic mass is 32.2. The molecule has 0 aliphatic carbocycles. The summed E-state index contributed by atoms with van der Waals surface area (Å²) in [6, 6.07) is 13.0. The van der Waals surface area contributed by atoms with Crippen LogP contribution >= 0.6 is 0 Å². The number of para-hydroxylation sites is 1. The van der Waals surface area contributed by atoms with Crippen molar-refractivity contribution in [3.63, 3.8) is 0 Å². The van der Waals surface area contributed by atoms with Gasteiger partial charge in [0.15, 0.2) is 0 Å². The van der Waals surface area contributed by atoms with Gasteiger partial charge in [-0.2, -0.15) is 9.57 Å². The standard InChI is InChI=1S/C18H20N4O5S2/c1-21(2)29(26,27)17-7-5-4-6-16(17)20-18(23)13-22(3)28(24,25)15-10-8-14(12-19)9-11-15/h4-11H,13H2,1-3H3,(H,20,23). The molecule has 0 saturated carbocycles. The third-order valence-corrected chi connectivity index (χ3v) is 7.67. The number of sulfonamides is 2. The van der Waals surface area contributed by atoms with Crippen LogP contribution in [0.15, 0.2) is 58.3 Å². The lowest BCUT2D eigenvalue weighted by Gasteiger charge is -2.18. The molecule has 0 radical (unpaired) electrons. The minimum atomic E-state index is -3.97. The molecule has 0 bridgehead atoms. The molecule has 0 spiro atoms. The van der Waals surface area contributed by atoms with Crippen molar-refractivity contribution in [1.82, 2.24) is 8.61 Å². The number of likely N-dealkylation sites (N-methyl/N-ethyl adjacent to an activating group) is 1. The predicted molar refractivity (Wildman–Crippen MR) is 107 cm³/mol. The van der Waals surface area contributed by atoms with Crippen molar-refractivity contribution in [2.75, 3.05) is 33.0 Å². The van der Waals surface area contributed by atoms with Crippen molar-refractivity contribution in [1.29, 1.82) is 5.26 Å². The van der Waals surface area contributed by atoms with Gasteiger partial charge in [0, 0.05) is 21.1 Å². The van der Waals surface area contributed by atoms with Crippen LogP contribution in [0.3, 0.4) is 0 Å². The molecule has 1 N–H and O–H groups in total. The average Bonchev–Trinajstić information content (AvgIpc) is 2.68. The van der Waals surface area contributed by atoms with E-state index < -0.39 is 32.5 Å². The van der Waals surface area contributed by atoms with Gasteiger partial charge in [-0.3, -0.25) is 4.79 Å². The Morgan fingerprint density at radius 2 is 1.55 bits per heavy atom. The lowest BCUT2D eigenvalue weighted by molar-refractivity contribution is -0.116. The van der Waals surface area contributed by atoms with Crippen LogP contribution in [0.2, 0.25) is 0 Å². The number of hydrogen-bond donors (Lipinski definition) is 1. The number of nitrogens with one attached hydrogen (secondary N) is 1. The van der Waals surface area contributed by atoms with Crippen molar-refractivity contribution in [3.05, 3.63) is 54.1 Å². The van der Waals surface area contributed by atoms with Crippen LogP contribution in [0.25, 0.3) is 0 Å². The Hall–Kier alpha value is -2.78.